The summed E-state index contributed by atoms with van der Waals surface area (Å²) in [5.41, 5.74) is 2.00. The van der Waals surface area contributed by atoms with Crippen molar-refractivity contribution in [3.05, 3.63) is 51.5 Å². The van der Waals surface area contributed by atoms with Crippen molar-refractivity contribution in [3.8, 4) is 0 Å². The van der Waals surface area contributed by atoms with Gasteiger partial charge in [0.05, 0.1) is 16.8 Å². The number of aryl methyl sites for hydroxylation is 1. The number of hydrogen-bond donors (Lipinski definition) is 1. The number of amides is 1. The second kappa shape index (κ2) is 9.68. The number of carbonyl (C=O) groups excluding carboxylic acids is 1. The zero-order valence-corrected chi connectivity index (χ0v) is 16.4. The SMILES string of the molecule is Cc1nc(CC(C)C)sc1C(=O)NCCCOC(C)c1ccccc1. The van der Waals surface area contributed by atoms with Crippen LogP contribution in [-0.4, -0.2) is 24.0 Å². The number of hydrogen-bond acceptors (Lipinski definition) is 4. The molecule has 0 bridgehead atoms. The van der Waals surface area contributed by atoms with Crippen molar-refractivity contribution in [3.63, 3.8) is 0 Å². The molecule has 0 spiro atoms. The van der Waals surface area contributed by atoms with Crippen LogP contribution < -0.4 is 5.32 Å². The van der Waals surface area contributed by atoms with E-state index in [0.717, 1.165) is 28.4 Å². The normalized spacial score (nSPS) is 12.4. The Morgan fingerprint density at radius 2 is 1.96 bits per heavy atom. The number of aromatic nitrogens is 1. The fourth-order valence-electron chi connectivity index (χ4n) is 2.53. The van der Waals surface area contributed by atoms with E-state index in [9.17, 15) is 4.79 Å². The molecule has 1 atom stereocenters. The summed E-state index contributed by atoms with van der Waals surface area (Å²) in [6, 6.07) is 10.2. The summed E-state index contributed by atoms with van der Waals surface area (Å²) < 4.78 is 5.83. The summed E-state index contributed by atoms with van der Waals surface area (Å²) in [4.78, 5) is 17.5. The molecule has 5 heteroatoms. The van der Waals surface area contributed by atoms with Crippen LogP contribution in [0.2, 0.25) is 0 Å². The Kier molecular flexibility index (Phi) is 7.59. The third kappa shape index (κ3) is 6.25. The fourth-order valence-corrected chi connectivity index (χ4v) is 3.73. The second-order valence-corrected chi connectivity index (χ2v) is 7.74. The van der Waals surface area contributed by atoms with Crippen molar-refractivity contribution < 1.29 is 9.53 Å². The molecule has 0 radical (unpaired) electrons. The van der Waals surface area contributed by atoms with Crippen molar-refractivity contribution in [1.29, 1.82) is 0 Å². The van der Waals surface area contributed by atoms with E-state index in [1.165, 1.54) is 16.9 Å². The fraction of sp³-hybridized carbons (Fsp3) is 0.500. The molecule has 1 aromatic heterocycles. The van der Waals surface area contributed by atoms with Crippen LogP contribution in [-0.2, 0) is 11.2 Å². The summed E-state index contributed by atoms with van der Waals surface area (Å²) >= 11 is 1.51. The van der Waals surface area contributed by atoms with Crippen LogP contribution in [0.25, 0.3) is 0 Å². The predicted octanol–water partition coefficient (Wildman–Crippen LogP) is 4.55. The van der Waals surface area contributed by atoms with E-state index in [1.54, 1.807) is 0 Å². The van der Waals surface area contributed by atoms with Crippen LogP contribution >= 0.6 is 11.3 Å². The van der Waals surface area contributed by atoms with Crippen molar-refractivity contribution in [2.45, 2.75) is 46.6 Å². The van der Waals surface area contributed by atoms with Crippen molar-refractivity contribution in [1.82, 2.24) is 10.3 Å². The van der Waals surface area contributed by atoms with Gasteiger partial charge < -0.3 is 10.1 Å². The van der Waals surface area contributed by atoms with E-state index < -0.39 is 0 Å². The number of benzene rings is 1. The largest absolute Gasteiger partial charge is 0.374 e. The molecule has 136 valence electrons. The van der Waals surface area contributed by atoms with E-state index in [4.69, 9.17) is 4.74 Å². The van der Waals surface area contributed by atoms with Gasteiger partial charge in [0.1, 0.15) is 4.88 Å². The molecule has 4 nitrogen and oxygen atoms in total. The summed E-state index contributed by atoms with van der Waals surface area (Å²) in [5, 5.41) is 4.01. The topological polar surface area (TPSA) is 51.2 Å². The maximum Gasteiger partial charge on any atom is 0.263 e. The Labute approximate surface area is 154 Å². The molecule has 0 saturated heterocycles. The Hall–Kier alpha value is -1.72. The molecular formula is C20H28N2O2S. The highest BCUT2D eigenvalue weighted by molar-refractivity contribution is 7.13. The molecule has 2 rings (SSSR count). The lowest BCUT2D eigenvalue weighted by Crippen LogP contribution is -2.25. The molecule has 0 aliphatic rings. The third-order valence-electron chi connectivity index (χ3n) is 3.87. The van der Waals surface area contributed by atoms with Gasteiger partial charge in [-0.1, -0.05) is 44.2 Å². The minimum Gasteiger partial charge on any atom is -0.374 e. The summed E-state index contributed by atoms with van der Waals surface area (Å²) in [6.07, 6.45) is 1.78. The average molecular weight is 361 g/mol. The highest BCUT2D eigenvalue weighted by atomic mass is 32.1. The summed E-state index contributed by atoms with van der Waals surface area (Å²) in [6.45, 7) is 9.50. The van der Waals surface area contributed by atoms with Gasteiger partial charge in [-0.3, -0.25) is 4.79 Å². The van der Waals surface area contributed by atoms with Gasteiger partial charge in [0.2, 0.25) is 0 Å². The predicted molar refractivity (Wildman–Crippen MR) is 103 cm³/mol. The van der Waals surface area contributed by atoms with Gasteiger partial charge in [-0.25, -0.2) is 4.98 Å². The first kappa shape index (κ1) is 19.6. The highest BCUT2D eigenvalue weighted by Gasteiger charge is 2.15. The number of ether oxygens (including phenoxy) is 1. The van der Waals surface area contributed by atoms with Crippen LogP contribution in [0.4, 0.5) is 0 Å². The Bertz CT molecular complexity index is 668. The molecule has 1 amide bonds. The lowest BCUT2D eigenvalue weighted by molar-refractivity contribution is 0.0635. The van der Waals surface area contributed by atoms with E-state index in [1.807, 2.05) is 32.0 Å². The van der Waals surface area contributed by atoms with Crippen LogP contribution in [0.15, 0.2) is 30.3 Å². The van der Waals surface area contributed by atoms with E-state index in [0.29, 0.717) is 19.1 Å². The molecule has 0 saturated carbocycles. The molecule has 1 unspecified atom stereocenters. The molecule has 25 heavy (non-hydrogen) atoms. The lowest BCUT2D eigenvalue weighted by Gasteiger charge is -2.13. The molecule has 0 aliphatic carbocycles. The minimum atomic E-state index is -0.0267. The van der Waals surface area contributed by atoms with Gasteiger partial charge in [-0.05, 0) is 31.7 Å². The maximum absolute atomic E-state index is 12.3. The standard InChI is InChI=1S/C20H28N2O2S/c1-14(2)13-18-22-15(3)19(25-18)20(23)21-11-8-12-24-16(4)17-9-6-5-7-10-17/h5-7,9-10,14,16H,8,11-13H2,1-4H3,(H,21,23). The number of nitrogens with one attached hydrogen (secondary N) is 1. The van der Waals surface area contributed by atoms with E-state index >= 15 is 0 Å². The van der Waals surface area contributed by atoms with E-state index in [-0.39, 0.29) is 12.0 Å². The monoisotopic (exact) mass is 360 g/mol. The minimum absolute atomic E-state index is 0.0267. The first-order valence-corrected chi connectivity index (χ1v) is 9.70. The number of carbonyl (C=O) groups is 1. The molecule has 0 fully saturated rings. The third-order valence-corrected chi connectivity index (χ3v) is 5.05. The van der Waals surface area contributed by atoms with Crippen LogP contribution in [0, 0.1) is 12.8 Å². The van der Waals surface area contributed by atoms with Crippen LogP contribution in [0.5, 0.6) is 0 Å². The van der Waals surface area contributed by atoms with Gasteiger partial charge in [0.15, 0.2) is 0 Å². The molecule has 1 heterocycles. The van der Waals surface area contributed by atoms with Crippen molar-refractivity contribution >= 4 is 17.2 Å². The zero-order chi connectivity index (χ0) is 18.2. The smallest absolute Gasteiger partial charge is 0.263 e. The molecule has 2 aromatic rings. The summed E-state index contributed by atoms with van der Waals surface area (Å²) in [5.74, 6) is 0.520. The second-order valence-electron chi connectivity index (χ2n) is 6.65. The Morgan fingerprint density at radius 1 is 1.24 bits per heavy atom. The number of thiazole rings is 1. The first-order valence-electron chi connectivity index (χ1n) is 8.88. The molecule has 1 N–H and O–H groups in total. The quantitative estimate of drug-likeness (QED) is 0.668. The molecule has 0 aliphatic heterocycles. The van der Waals surface area contributed by atoms with Gasteiger partial charge in [-0.2, -0.15) is 0 Å². The van der Waals surface area contributed by atoms with Gasteiger partial charge in [0, 0.05) is 19.6 Å². The molecular weight excluding hydrogens is 332 g/mol. The van der Waals surface area contributed by atoms with Crippen LogP contribution in [0.1, 0.15) is 59.2 Å². The Balaban J connectivity index is 1.71. The van der Waals surface area contributed by atoms with E-state index in [2.05, 4.69) is 36.3 Å². The van der Waals surface area contributed by atoms with Crippen molar-refractivity contribution in [2.75, 3.05) is 13.2 Å². The molecule has 1 aromatic carbocycles. The maximum atomic E-state index is 12.3. The average Bonchev–Trinajstić information content (AvgIpc) is 2.94. The van der Waals surface area contributed by atoms with Crippen molar-refractivity contribution in [2.24, 2.45) is 5.92 Å². The van der Waals surface area contributed by atoms with Gasteiger partial charge >= 0.3 is 0 Å². The number of nitrogens with zero attached hydrogens (tertiary/aromatic N) is 1. The Morgan fingerprint density at radius 3 is 2.64 bits per heavy atom. The first-order chi connectivity index (χ1) is 12.0. The van der Waals surface area contributed by atoms with Gasteiger partial charge in [0.25, 0.3) is 5.91 Å². The lowest BCUT2D eigenvalue weighted by atomic mass is 10.1. The van der Waals surface area contributed by atoms with Crippen LogP contribution in [0.3, 0.4) is 0 Å². The summed E-state index contributed by atoms with van der Waals surface area (Å²) in [7, 11) is 0. The zero-order valence-electron chi connectivity index (χ0n) is 15.5. The highest BCUT2D eigenvalue weighted by Crippen LogP contribution is 2.20. The van der Waals surface area contributed by atoms with Gasteiger partial charge in [-0.15, -0.1) is 11.3 Å². The number of rotatable bonds is 9.